The highest BCUT2D eigenvalue weighted by molar-refractivity contribution is 5.79. The minimum Gasteiger partial charge on any atom is -0.441 e. The highest BCUT2D eigenvalue weighted by atomic mass is 19.1. The van der Waals surface area contributed by atoms with Crippen molar-refractivity contribution in [1.29, 1.82) is 0 Å². The Balaban J connectivity index is 1.36. The number of benzene rings is 2. The molecule has 43 heavy (non-hydrogen) atoms. The lowest BCUT2D eigenvalue weighted by Gasteiger charge is -2.39. The first-order valence-corrected chi connectivity index (χ1v) is 15.1. The van der Waals surface area contributed by atoms with Gasteiger partial charge in [0.05, 0.1) is 17.6 Å². The number of imidazole rings is 1. The van der Waals surface area contributed by atoms with Crippen LogP contribution >= 0.6 is 0 Å². The predicted molar refractivity (Wildman–Crippen MR) is 167 cm³/mol. The van der Waals surface area contributed by atoms with E-state index in [9.17, 15) is 14.0 Å². The van der Waals surface area contributed by atoms with Crippen LogP contribution in [0.15, 0.2) is 65.6 Å². The van der Waals surface area contributed by atoms with Crippen LogP contribution in [-0.4, -0.2) is 51.3 Å². The minimum atomic E-state index is -0.753. The summed E-state index contributed by atoms with van der Waals surface area (Å²) in [5.74, 6) is 0.833. The summed E-state index contributed by atoms with van der Waals surface area (Å²) in [6.45, 7) is 9.91. The topological polar surface area (TPSA) is 85.5 Å². The molecule has 0 N–H and O–H groups in total. The van der Waals surface area contributed by atoms with Gasteiger partial charge in [-0.15, -0.1) is 0 Å². The van der Waals surface area contributed by atoms with Gasteiger partial charge in [0.25, 0.3) is 5.56 Å². The quantitative estimate of drug-likeness (QED) is 0.222. The van der Waals surface area contributed by atoms with Crippen LogP contribution in [0.4, 0.5) is 16.3 Å². The van der Waals surface area contributed by atoms with E-state index in [4.69, 9.17) is 9.72 Å². The number of para-hydroxylation sites is 2. The molecule has 1 aliphatic heterocycles. The van der Waals surface area contributed by atoms with Gasteiger partial charge in [-0.1, -0.05) is 52.0 Å². The summed E-state index contributed by atoms with van der Waals surface area (Å²) < 4.78 is 23.1. The highest BCUT2D eigenvalue weighted by Gasteiger charge is 2.31. The van der Waals surface area contributed by atoms with Gasteiger partial charge in [-0.05, 0) is 48.6 Å². The Hall–Kier alpha value is -4.21. The number of esters is 1. The van der Waals surface area contributed by atoms with Gasteiger partial charge in [0, 0.05) is 50.8 Å². The molecule has 5 rings (SSSR count). The molecule has 0 bridgehead atoms. The number of ether oxygens (including phenoxy) is 1. The summed E-state index contributed by atoms with van der Waals surface area (Å²) >= 11 is 0. The summed E-state index contributed by atoms with van der Waals surface area (Å²) in [5, 5.41) is 0. The molecule has 1 atom stereocenters. The number of piperidine rings is 1. The Labute approximate surface area is 251 Å². The number of carbonyl (C=O) groups excluding carboxylic acids is 1. The number of hydrogen-bond acceptors (Lipinski definition) is 7. The molecule has 9 nitrogen and oxygen atoms in total. The number of anilines is 2. The van der Waals surface area contributed by atoms with Crippen LogP contribution in [0.25, 0.3) is 11.0 Å². The van der Waals surface area contributed by atoms with Crippen LogP contribution in [0.3, 0.4) is 0 Å². The lowest BCUT2D eigenvalue weighted by atomic mass is 10.0. The number of fused-ring (bicyclic) bond motifs is 1. The average molecular weight is 589 g/mol. The predicted octanol–water partition coefficient (Wildman–Crippen LogP) is 5.63. The molecular formula is C33H41FN6O3. The van der Waals surface area contributed by atoms with E-state index in [1.54, 1.807) is 0 Å². The molecule has 4 aromatic rings. The number of aromatic nitrogens is 4. The van der Waals surface area contributed by atoms with Crippen molar-refractivity contribution in [1.82, 2.24) is 19.1 Å². The van der Waals surface area contributed by atoms with Crippen molar-refractivity contribution in [2.45, 2.75) is 65.8 Å². The first kappa shape index (κ1) is 30.3. The number of halogens is 1. The third-order valence-corrected chi connectivity index (χ3v) is 8.01. The van der Waals surface area contributed by atoms with Crippen molar-refractivity contribution in [2.24, 2.45) is 11.8 Å². The molecule has 0 amide bonds. The monoisotopic (exact) mass is 588 g/mol. The van der Waals surface area contributed by atoms with Crippen LogP contribution in [0.2, 0.25) is 0 Å². The van der Waals surface area contributed by atoms with E-state index in [1.807, 2.05) is 70.0 Å². The number of rotatable bonds is 10. The van der Waals surface area contributed by atoms with Gasteiger partial charge < -0.3 is 19.1 Å². The molecule has 3 heterocycles. The Bertz CT molecular complexity index is 1610. The molecule has 0 saturated carbocycles. The van der Waals surface area contributed by atoms with E-state index >= 15 is 0 Å². The third kappa shape index (κ3) is 6.73. The lowest BCUT2D eigenvalue weighted by molar-refractivity contribution is -0.158. The van der Waals surface area contributed by atoms with Gasteiger partial charge in [0.2, 0.25) is 11.9 Å². The molecule has 0 aliphatic carbocycles. The van der Waals surface area contributed by atoms with Gasteiger partial charge in [-0.3, -0.25) is 9.59 Å². The average Bonchev–Trinajstić information content (AvgIpc) is 3.34. The van der Waals surface area contributed by atoms with Crippen LogP contribution < -0.4 is 15.4 Å². The summed E-state index contributed by atoms with van der Waals surface area (Å²) in [6, 6.07) is 16.2. The maximum Gasteiger partial charge on any atom is 0.307 e. The van der Waals surface area contributed by atoms with Crippen molar-refractivity contribution >= 4 is 28.9 Å². The SMILES string of the molecule is CC(C)CC(=O)OC(C(C)C)n1c(N(C)C2CCN(c3nc4ccccc4n3Cc3ccc(F)cc3)CC2)nccc1=O. The first-order chi connectivity index (χ1) is 20.6. The fourth-order valence-electron chi connectivity index (χ4n) is 5.76. The maximum atomic E-state index is 13.6. The van der Waals surface area contributed by atoms with Gasteiger partial charge in [-0.2, -0.15) is 0 Å². The zero-order valence-electron chi connectivity index (χ0n) is 25.6. The molecule has 1 unspecified atom stereocenters. The summed E-state index contributed by atoms with van der Waals surface area (Å²) in [5.41, 5.74) is 2.70. The van der Waals surface area contributed by atoms with Crippen molar-refractivity contribution < 1.29 is 13.9 Å². The first-order valence-electron chi connectivity index (χ1n) is 15.1. The van der Waals surface area contributed by atoms with E-state index in [0.29, 0.717) is 12.5 Å². The summed E-state index contributed by atoms with van der Waals surface area (Å²) in [6.07, 6.45) is 2.69. The fraction of sp³-hybridized carbons (Fsp3) is 0.455. The molecule has 10 heteroatoms. The Morgan fingerprint density at radius 3 is 2.42 bits per heavy atom. The Morgan fingerprint density at radius 2 is 1.74 bits per heavy atom. The molecule has 1 aliphatic rings. The molecular weight excluding hydrogens is 547 g/mol. The van der Waals surface area contributed by atoms with E-state index in [0.717, 1.165) is 48.5 Å². The highest BCUT2D eigenvalue weighted by Crippen LogP contribution is 2.30. The second-order valence-electron chi connectivity index (χ2n) is 12.1. The zero-order valence-corrected chi connectivity index (χ0v) is 25.6. The molecule has 0 radical (unpaired) electrons. The van der Waals surface area contributed by atoms with Gasteiger partial charge in [-0.25, -0.2) is 18.9 Å². The molecule has 0 spiro atoms. The molecule has 2 aromatic heterocycles. The largest absolute Gasteiger partial charge is 0.441 e. The van der Waals surface area contributed by atoms with E-state index in [2.05, 4.69) is 20.5 Å². The maximum absolute atomic E-state index is 13.6. The lowest BCUT2D eigenvalue weighted by Crippen LogP contribution is -2.46. The second-order valence-corrected chi connectivity index (χ2v) is 12.1. The van der Waals surface area contributed by atoms with Gasteiger partial charge >= 0.3 is 5.97 Å². The zero-order chi connectivity index (χ0) is 30.7. The number of carbonyl (C=O) groups is 1. The third-order valence-electron chi connectivity index (χ3n) is 8.01. The smallest absolute Gasteiger partial charge is 0.307 e. The van der Waals surface area contributed by atoms with Crippen LogP contribution in [-0.2, 0) is 16.1 Å². The van der Waals surface area contributed by atoms with E-state index < -0.39 is 6.23 Å². The molecule has 2 aromatic carbocycles. The number of hydrogen-bond donors (Lipinski definition) is 0. The summed E-state index contributed by atoms with van der Waals surface area (Å²) in [7, 11) is 1.95. The standard InChI is InChI=1S/C33H41FN6O3/c1-22(2)20-30(42)43-31(23(3)4)40-29(41)14-17-35-32(40)37(5)26-15-18-38(19-16-26)33-36-27-8-6-7-9-28(27)39(33)21-24-10-12-25(34)13-11-24/h6-14,17,22-23,26,31H,15-16,18-21H2,1-5H3. The van der Waals surface area contributed by atoms with Crippen molar-refractivity contribution in [2.75, 3.05) is 29.9 Å². The fourth-order valence-corrected chi connectivity index (χ4v) is 5.76. The van der Waals surface area contributed by atoms with Crippen LogP contribution in [0, 0.1) is 17.7 Å². The van der Waals surface area contributed by atoms with Crippen molar-refractivity contribution in [3.63, 3.8) is 0 Å². The van der Waals surface area contributed by atoms with Gasteiger partial charge in [0.15, 0.2) is 6.23 Å². The minimum absolute atomic E-state index is 0.117. The number of nitrogens with zero attached hydrogens (tertiary/aromatic N) is 6. The van der Waals surface area contributed by atoms with Crippen LogP contribution in [0.5, 0.6) is 0 Å². The van der Waals surface area contributed by atoms with Crippen LogP contribution in [0.1, 0.15) is 58.7 Å². The van der Waals surface area contributed by atoms with Crippen molar-refractivity contribution in [3.05, 3.63) is 82.5 Å². The van der Waals surface area contributed by atoms with E-state index in [1.165, 1.54) is 29.0 Å². The van der Waals surface area contributed by atoms with Crippen molar-refractivity contribution in [3.8, 4) is 0 Å². The normalized spacial score (nSPS) is 14.9. The summed E-state index contributed by atoms with van der Waals surface area (Å²) in [4.78, 5) is 39.7. The molecule has 1 fully saturated rings. The molecule has 228 valence electrons. The van der Waals surface area contributed by atoms with E-state index in [-0.39, 0.29) is 41.6 Å². The Morgan fingerprint density at radius 1 is 1.05 bits per heavy atom. The molecule has 1 saturated heterocycles. The van der Waals surface area contributed by atoms with Gasteiger partial charge in [0.1, 0.15) is 5.82 Å². The second kappa shape index (κ2) is 13.0. The Kier molecular flexibility index (Phi) is 9.13.